The summed E-state index contributed by atoms with van der Waals surface area (Å²) in [6.45, 7) is 1.76. The maximum absolute atomic E-state index is 11.0. The van der Waals surface area contributed by atoms with Gasteiger partial charge >= 0.3 is 5.97 Å². The molecule has 0 aliphatic heterocycles. The number of fused-ring (bicyclic) bond motifs is 3. The maximum Gasteiger partial charge on any atom is 0.339 e. The molecule has 0 aromatic carbocycles. The molecule has 3 aromatic heterocycles. The molecule has 0 radical (unpaired) electrons. The molecule has 90 valence electrons. The number of nitrogens with two attached hydrogens (primary N) is 1. The van der Waals surface area contributed by atoms with Gasteiger partial charge in [-0.3, -0.25) is 0 Å². The molecule has 18 heavy (non-hydrogen) atoms. The minimum absolute atomic E-state index is 0.0288. The van der Waals surface area contributed by atoms with Crippen LogP contribution < -0.4 is 5.73 Å². The molecule has 7 nitrogen and oxygen atoms in total. The molecule has 3 N–H and O–H groups in total. The van der Waals surface area contributed by atoms with Crippen LogP contribution in [-0.2, 0) is 0 Å². The molecule has 0 aliphatic rings. The smallest absolute Gasteiger partial charge is 0.339 e. The molecule has 7 heteroatoms. The van der Waals surface area contributed by atoms with Gasteiger partial charge in [0.15, 0.2) is 11.3 Å². The van der Waals surface area contributed by atoms with E-state index in [1.54, 1.807) is 19.2 Å². The molecule has 0 aliphatic carbocycles. The summed E-state index contributed by atoms with van der Waals surface area (Å²) in [4.78, 5) is 19.5. The Labute approximate surface area is 101 Å². The van der Waals surface area contributed by atoms with Gasteiger partial charge in [0, 0.05) is 12.3 Å². The molecule has 0 atom stereocenters. The largest absolute Gasteiger partial charge is 0.478 e. The van der Waals surface area contributed by atoms with Crippen molar-refractivity contribution in [3.63, 3.8) is 0 Å². The Hall–Kier alpha value is -2.70. The van der Waals surface area contributed by atoms with Crippen LogP contribution in [0.1, 0.15) is 16.1 Å². The lowest BCUT2D eigenvalue weighted by Crippen LogP contribution is -2.08. The van der Waals surface area contributed by atoms with Crippen LogP contribution in [0.2, 0.25) is 0 Å². The summed E-state index contributed by atoms with van der Waals surface area (Å²) in [6, 6.07) is 1.75. The number of hydrogen-bond donors (Lipinski definition) is 2. The van der Waals surface area contributed by atoms with Crippen molar-refractivity contribution in [1.29, 1.82) is 0 Å². The molecule has 0 saturated carbocycles. The van der Waals surface area contributed by atoms with E-state index in [2.05, 4.69) is 15.1 Å². The van der Waals surface area contributed by atoms with Gasteiger partial charge in [0.2, 0.25) is 0 Å². The third kappa shape index (κ3) is 1.24. The van der Waals surface area contributed by atoms with Crippen LogP contribution in [0.25, 0.3) is 16.7 Å². The van der Waals surface area contributed by atoms with Gasteiger partial charge in [-0.15, -0.1) is 0 Å². The molecule has 0 saturated heterocycles. The number of anilines is 1. The zero-order valence-corrected chi connectivity index (χ0v) is 9.45. The zero-order valence-electron chi connectivity index (χ0n) is 9.45. The summed E-state index contributed by atoms with van der Waals surface area (Å²) >= 11 is 0. The lowest BCUT2D eigenvalue weighted by Gasteiger charge is -2.08. The van der Waals surface area contributed by atoms with E-state index in [1.165, 1.54) is 10.7 Å². The minimum atomic E-state index is -1.11. The summed E-state index contributed by atoms with van der Waals surface area (Å²) in [5.74, 6) is -1.11. The lowest BCUT2D eigenvalue weighted by atomic mass is 10.1. The number of pyridine rings is 1. The molecule has 0 amide bonds. The van der Waals surface area contributed by atoms with E-state index < -0.39 is 5.97 Å². The van der Waals surface area contributed by atoms with Gasteiger partial charge in [-0.25, -0.2) is 14.8 Å². The number of carboxylic acids is 1. The van der Waals surface area contributed by atoms with Crippen LogP contribution in [-0.4, -0.2) is 30.7 Å². The molecule has 3 rings (SSSR count). The van der Waals surface area contributed by atoms with Gasteiger partial charge in [0.25, 0.3) is 0 Å². The van der Waals surface area contributed by atoms with Crippen LogP contribution in [0.3, 0.4) is 0 Å². The highest BCUT2D eigenvalue weighted by atomic mass is 16.4. The van der Waals surface area contributed by atoms with E-state index >= 15 is 0 Å². The van der Waals surface area contributed by atoms with E-state index in [0.717, 1.165) is 0 Å². The number of hydrogen-bond acceptors (Lipinski definition) is 5. The van der Waals surface area contributed by atoms with Crippen molar-refractivity contribution >= 4 is 28.3 Å². The van der Waals surface area contributed by atoms with Crippen LogP contribution in [0, 0.1) is 6.92 Å². The third-order valence-corrected chi connectivity index (χ3v) is 2.80. The fourth-order valence-corrected chi connectivity index (χ4v) is 1.97. The monoisotopic (exact) mass is 243 g/mol. The minimum Gasteiger partial charge on any atom is -0.478 e. The second kappa shape index (κ2) is 3.39. The second-order valence-electron chi connectivity index (χ2n) is 3.89. The van der Waals surface area contributed by atoms with E-state index in [-0.39, 0.29) is 11.3 Å². The third-order valence-electron chi connectivity index (χ3n) is 2.80. The Balaban J connectivity index is 2.55. The van der Waals surface area contributed by atoms with Gasteiger partial charge in [0.05, 0.1) is 23.0 Å². The van der Waals surface area contributed by atoms with E-state index in [1.807, 2.05) is 0 Å². The summed E-state index contributed by atoms with van der Waals surface area (Å²) in [7, 11) is 0. The molecule has 0 unspecified atom stereocenters. The molecule has 0 spiro atoms. The highest BCUT2D eigenvalue weighted by Crippen LogP contribution is 2.25. The van der Waals surface area contributed by atoms with Crippen LogP contribution in [0.4, 0.5) is 5.69 Å². The van der Waals surface area contributed by atoms with Gasteiger partial charge in [-0.2, -0.15) is 9.61 Å². The van der Waals surface area contributed by atoms with Crippen molar-refractivity contribution in [1.82, 2.24) is 19.6 Å². The zero-order chi connectivity index (χ0) is 12.9. The predicted molar refractivity (Wildman–Crippen MR) is 64.4 cm³/mol. The molecule has 3 aromatic rings. The normalized spacial score (nSPS) is 11.2. The number of rotatable bonds is 1. The average molecular weight is 243 g/mol. The van der Waals surface area contributed by atoms with Crippen molar-refractivity contribution in [2.75, 3.05) is 5.73 Å². The first-order chi connectivity index (χ1) is 8.59. The van der Waals surface area contributed by atoms with E-state index in [9.17, 15) is 4.79 Å². The average Bonchev–Trinajstić information content (AvgIpc) is 2.76. The van der Waals surface area contributed by atoms with Gasteiger partial charge in [0.1, 0.15) is 5.56 Å². The summed E-state index contributed by atoms with van der Waals surface area (Å²) in [5, 5.41) is 13.6. The molecular formula is C11H9N5O2. The van der Waals surface area contributed by atoms with Gasteiger partial charge < -0.3 is 10.8 Å². The lowest BCUT2D eigenvalue weighted by molar-refractivity contribution is 0.0698. The Bertz CT molecular complexity index is 793. The SMILES string of the molecule is Cc1nc2ccnn2c2ncc(C(=O)O)c(N)c12. The number of nitrogen functional groups attached to an aromatic ring is 1. The molecule has 0 bridgehead atoms. The highest BCUT2D eigenvalue weighted by molar-refractivity contribution is 6.03. The summed E-state index contributed by atoms with van der Waals surface area (Å²) in [5.41, 5.74) is 7.80. The van der Waals surface area contributed by atoms with Crippen molar-refractivity contribution in [2.45, 2.75) is 6.92 Å². The number of aromatic carboxylic acids is 1. The number of carboxylic acid groups (broad SMARTS) is 1. The molecular weight excluding hydrogens is 234 g/mol. The Morgan fingerprint density at radius 2 is 2.28 bits per heavy atom. The first-order valence-corrected chi connectivity index (χ1v) is 5.21. The van der Waals surface area contributed by atoms with Crippen LogP contribution >= 0.6 is 0 Å². The number of nitrogens with zero attached hydrogens (tertiary/aromatic N) is 4. The van der Waals surface area contributed by atoms with Crippen molar-refractivity contribution in [3.05, 3.63) is 29.7 Å². The van der Waals surface area contributed by atoms with Gasteiger partial charge in [-0.05, 0) is 6.92 Å². The summed E-state index contributed by atoms with van der Waals surface area (Å²) < 4.78 is 1.53. The van der Waals surface area contributed by atoms with Crippen molar-refractivity contribution in [2.24, 2.45) is 0 Å². The van der Waals surface area contributed by atoms with Gasteiger partial charge in [-0.1, -0.05) is 0 Å². The quantitative estimate of drug-likeness (QED) is 0.656. The first kappa shape index (κ1) is 10.5. The number of carbonyl (C=O) groups is 1. The van der Waals surface area contributed by atoms with Crippen LogP contribution in [0.15, 0.2) is 18.5 Å². The Morgan fingerprint density at radius 1 is 1.50 bits per heavy atom. The summed E-state index contributed by atoms with van der Waals surface area (Å²) in [6.07, 6.45) is 2.84. The number of aryl methyl sites for hydroxylation is 1. The first-order valence-electron chi connectivity index (χ1n) is 5.21. The highest BCUT2D eigenvalue weighted by Gasteiger charge is 2.16. The predicted octanol–water partition coefficient (Wildman–Crippen LogP) is 0.866. The fourth-order valence-electron chi connectivity index (χ4n) is 1.97. The van der Waals surface area contributed by atoms with E-state index in [0.29, 0.717) is 22.4 Å². The van der Waals surface area contributed by atoms with Crippen molar-refractivity contribution < 1.29 is 9.90 Å². The van der Waals surface area contributed by atoms with E-state index in [4.69, 9.17) is 10.8 Å². The Kier molecular flexibility index (Phi) is 1.97. The maximum atomic E-state index is 11.0. The fraction of sp³-hybridized carbons (Fsp3) is 0.0909. The molecule has 3 heterocycles. The van der Waals surface area contributed by atoms with Crippen LogP contribution in [0.5, 0.6) is 0 Å². The number of aromatic nitrogens is 4. The Morgan fingerprint density at radius 3 is 3.00 bits per heavy atom. The standard InChI is InChI=1S/C11H9N5O2/c1-5-8-9(12)6(11(17)18)4-13-10(8)16-7(15-5)2-3-14-16/h2-4H,1H3,(H2,12,13)(H,17,18). The van der Waals surface area contributed by atoms with Crippen molar-refractivity contribution in [3.8, 4) is 0 Å². The topological polar surface area (TPSA) is 106 Å². The molecule has 0 fully saturated rings. The second-order valence-corrected chi connectivity index (χ2v) is 3.89.